The van der Waals surface area contributed by atoms with Gasteiger partial charge in [0.2, 0.25) is 0 Å². The van der Waals surface area contributed by atoms with E-state index in [0.717, 1.165) is 12.1 Å². The lowest BCUT2D eigenvalue weighted by Gasteiger charge is -2.37. The molecule has 0 atom stereocenters. The third-order valence-corrected chi connectivity index (χ3v) is 4.44. The number of aryl methyl sites for hydroxylation is 1. The van der Waals surface area contributed by atoms with Crippen molar-refractivity contribution in [2.75, 3.05) is 0 Å². The Morgan fingerprint density at radius 1 is 1.10 bits per heavy atom. The Balaban J connectivity index is 1.49. The van der Waals surface area contributed by atoms with Gasteiger partial charge in [0.25, 0.3) is 0 Å². The average molecular weight is 276 g/mol. The molecule has 0 aliphatic heterocycles. The fourth-order valence-corrected chi connectivity index (χ4v) is 3.04. The number of nitriles is 1. The zero-order chi connectivity index (χ0) is 14.7. The van der Waals surface area contributed by atoms with Crippen molar-refractivity contribution in [2.24, 2.45) is 0 Å². The van der Waals surface area contributed by atoms with Crippen molar-refractivity contribution in [3.05, 3.63) is 70.8 Å². The maximum Gasteiger partial charge on any atom is 0.0991 e. The summed E-state index contributed by atoms with van der Waals surface area (Å²) in [6.45, 7) is 3.09. The van der Waals surface area contributed by atoms with E-state index in [1.54, 1.807) is 0 Å². The quantitative estimate of drug-likeness (QED) is 0.919. The van der Waals surface area contributed by atoms with Crippen molar-refractivity contribution in [1.82, 2.24) is 5.32 Å². The SMILES string of the molecule is Cc1ccccc1C1CC(NCc2ccc(C#N)cc2)C1. The molecule has 21 heavy (non-hydrogen) atoms. The van der Waals surface area contributed by atoms with Gasteiger partial charge in [0.1, 0.15) is 0 Å². The number of nitrogens with one attached hydrogen (secondary N) is 1. The predicted octanol–water partition coefficient (Wildman–Crippen LogP) is 3.90. The van der Waals surface area contributed by atoms with Gasteiger partial charge >= 0.3 is 0 Å². The Hall–Kier alpha value is -2.11. The molecule has 2 nitrogen and oxygen atoms in total. The van der Waals surface area contributed by atoms with Crippen LogP contribution in [0.2, 0.25) is 0 Å². The van der Waals surface area contributed by atoms with E-state index in [0.29, 0.717) is 12.0 Å². The van der Waals surface area contributed by atoms with Gasteiger partial charge in [0.05, 0.1) is 11.6 Å². The summed E-state index contributed by atoms with van der Waals surface area (Å²) in [6, 6.07) is 19.3. The van der Waals surface area contributed by atoms with E-state index in [1.165, 1.54) is 29.5 Å². The van der Waals surface area contributed by atoms with E-state index >= 15 is 0 Å². The Bertz CT molecular complexity index is 646. The first kappa shape index (κ1) is 13.9. The summed E-state index contributed by atoms with van der Waals surface area (Å²) in [7, 11) is 0. The molecule has 106 valence electrons. The molecule has 1 aliphatic rings. The molecule has 1 aliphatic carbocycles. The minimum atomic E-state index is 0.616. The largest absolute Gasteiger partial charge is 0.310 e. The highest BCUT2D eigenvalue weighted by Gasteiger charge is 2.30. The fraction of sp³-hybridized carbons (Fsp3) is 0.316. The van der Waals surface area contributed by atoms with Gasteiger partial charge in [-0.15, -0.1) is 0 Å². The number of hydrogen-bond acceptors (Lipinski definition) is 2. The molecule has 0 radical (unpaired) electrons. The standard InChI is InChI=1S/C19H20N2/c1-14-4-2-3-5-19(14)17-10-18(11-17)21-13-16-8-6-15(12-20)7-9-16/h2-9,17-18,21H,10-11,13H2,1H3. The second kappa shape index (κ2) is 6.11. The van der Waals surface area contributed by atoms with Gasteiger partial charge in [-0.05, 0) is 54.5 Å². The number of hydrogen-bond donors (Lipinski definition) is 1. The third-order valence-electron chi connectivity index (χ3n) is 4.44. The first-order chi connectivity index (χ1) is 10.3. The van der Waals surface area contributed by atoms with E-state index in [9.17, 15) is 0 Å². The Morgan fingerprint density at radius 3 is 2.48 bits per heavy atom. The lowest BCUT2D eigenvalue weighted by atomic mass is 9.74. The van der Waals surface area contributed by atoms with E-state index in [2.05, 4.69) is 42.6 Å². The predicted molar refractivity (Wildman–Crippen MR) is 84.9 cm³/mol. The zero-order valence-electron chi connectivity index (χ0n) is 12.3. The molecular formula is C19H20N2. The second-order valence-electron chi connectivity index (χ2n) is 5.91. The van der Waals surface area contributed by atoms with Gasteiger partial charge in [-0.3, -0.25) is 0 Å². The topological polar surface area (TPSA) is 35.8 Å². The van der Waals surface area contributed by atoms with E-state index in [4.69, 9.17) is 5.26 Å². The summed E-state index contributed by atoms with van der Waals surface area (Å²) >= 11 is 0. The summed E-state index contributed by atoms with van der Waals surface area (Å²) in [5.41, 5.74) is 4.89. The molecule has 0 aromatic heterocycles. The van der Waals surface area contributed by atoms with Crippen molar-refractivity contribution >= 4 is 0 Å². The van der Waals surface area contributed by atoms with Gasteiger partial charge in [-0.25, -0.2) is 0 Å². The second-order valence-corrected chi connectivity index (χ2v) is 5.91. The van der Waals surface area contributed by atoms with Gasteiger partial charge in [-0.1, -0.05) is 36.4 Å². The first-order valence-electron chi connectivity index (χ1n) is 7.54. The van der Waals surface area contributed by atoms with Gasteiger partial charge < -0.3 is 5.32 Å². The van der Waals surface area contributed by atoms with Crippen molar-refractivity contribution in [1.29, 1.82) is 5.26 Å². The third kappa shape index (κ3) is 3.15. The molecule has 2 aromatic carbocycles. The molecule has 0 saturated heterocycles. The van der Waals surface area contributed by atoms with Crippen molar-refractivity contribution in [2.45, 2.75) is 38.3 Å². The van der Waals surface area contributed by atoms with Crippen LogP contribution in [-0.2, 0) is 6.54 Å². The minimum Gasteiger partial charge on any atom is -0.310 e. The molecule has 1 N–H and O–H groups in total. The summed E-state index contributed by atoms with van der Waals surface area (Å²) < 4.78 is 0. The van der Waals surface area contributed by atoms with Crippen LogP contribution >= 0.6 is 0 Å². The van der Waals surface area contributed by atoms with Crippen molar-refractivity contribution < 1.29 is 0 Å². The summed E-state index contributed by atoms with van der Waals surface area (Å²) in [6.07, 6.45) is 2.45. The summed E-state index contributed by atoms with van der Waals surface area (Å²) in [4.78, 5) is 0. The molecule has 1 fully saturated rings. The van der Waals surface area contributed by atoms with Gasteiger partial charge in [0, 0.05) is 12.6 Å². The molecular weight excluding hydrogens is 256 g/mol. The Morgan fingerprint density at radius 2 is 1.81 bits per heavy atom. The lowest BCUT2D eigenvalue weighted by Crippen LogP contribution is -2.39. The molecule has 0 unspecified atom stereocenters. The van der Waals surface area contributed by atoms with Crippen LogP contribution in [-0.4, -0.2) is 6.04 Å². The zero-order valence-corrected chi connectivity index (χ0v) is 12.3. The number of rotatable bonds is 4. The Labute approximate surface area is 126 Å². The van der Waals surface area contributed by atoms with Crippen LogP contribution < -0.4 is 5.32 Å². The highest BCUT2D eigenvalue weighted by molar-refractivity contribution is 5.32. The fourth-order valence-electron chi connectivity index (χ4n) is 3.04. The van der Waals surface area contributed by atoms with Crippen LogP contribution in [0.15, 0.2) is 48.5 Å². The van der Waals surface area contributed by atoms with E-state index < -0.39 is 0 Å². The maximum atomic E-state index is 8.79. The van der Waals surface area contributed by atoms with Crippen LogP contribution in [0.25, 0.3) is 0 Å². The highest BCUT2D eigenvalue weighted by Crippen LogP contribution is 2.38. The number of benzene rings is 2. The maximum absolute atomic E-state index is 8.79. The van der Waals surface area contributed by atoms with Gasteiger partial charge in [0.15, 0.2) is 0 Å². The first-order valence-corrected chi connectivity index (χ1v) is 7.54. The molecule has 2 aromatic rings. The molecule has 0 heterocycles. The normalized spacial score (nSPS) is 20.6. The van der Waals surface area contributed by atoms with Crippen molar-refractivity contribution in [3.63, 3.8) is 0 Å². The smallest absolute Gasteiger partial charge is 0.0991 e. The molecule has 3 rings (SSSR count). The molecule has 2 heteroatoms. The monoisotopic (exact) mass is 276 g/mol. The molecule has 0 spiro atoms. The Kier molecular flexibility index (Phi) is 4.03. The van der Waals surface area contributed by atoms with E-state index in [1.807, 2.05) is 24.3 Å². The average Bonchev–Trinajstić information content (AvgIpc) is 2.48. The lowest BCUT2D eigenvalue weighted by molar-refractivity contribution is 0.289. The number of nitrogens with zero attached hydrogens (tertiary/aromatic N) is 1. The molecule has 1 saturated carbocycles. The minimum absolute atomic E-state index is 0.616. The van der Waals surface area contributed by atoms with Crippen LogP contribution in [0.1, 0.15) is 41.0 Å². The highest BCUT2D eigenvalue weighted by atomic mass is 14.9. The van der Waals surface area contributed by atoms with Crippen LogP contribution in [0.5, 0.6) is 0 Å². The van der Waals surface area contributed by atoms with Crippen LogP contribution in [0.4, 0.5) is 0 Å². The van der Waals surface area contributed by atoms with Crippen LogP contribution in [0.3, 0.4) is 0 Å². The molecule has 0 amide bonds. The van der Waals surface area contributed by atoms with E-state index in [-0.39, 0.29) is 0 Å². The van der Waals surface area contributed by atoms with Crippen LogP contribution in [0, 0.1) is 18.3 Å². The molecule has 0 bridgehead atoms. The summed E-state index contributed by atoms with van der Waals surface area (Å²) in [5, 5.41) is 12.4. The summed E-state index contributed by atoms with van der Waals surface area (Å²) in [5.74, 6) is 0.713. The van der Waals surface area contributed by atoms with Gasteiger partial charge in [-0.2, -0.15) is 5.26 Å². The van der Waals surface area contributed by atoms with Crippen molar-refractivity contribution in [3.8, 4) is 6.07 Å².